The van der Waals surface area contributed by atoms with Crippen molar-refractivity contribution in [3.63, 3.8) is 0 Å². The molecule has 1 heterocycles. The fourth-order valence-corrected chi connectivity index (χ4v) is 2.64. The van der Waals surface area contributed by atoms with E-state index in [1.165, 1.54) is 19.2 Å². The molecule has 1 aromatic carbocycles. The summed E-state index contributed by atoms with van der Waals surface area (Å²) in [5.74, 6) is -0.582. The molecule has 8 heteroatoms. The minimum absolute atomic E-state index is 0.0724. The number of furan rings is 1. The maximum atomic E-state index is 12.1. The molecule has 0 atom stereocenters. The first-order chi connectivity index (χ1) is 10.8. The zero-order valence-electron chi connectivity index (χ0n) is 13.2. The number of carbonyl (C=O) groups is 1. The lowest BCUT2D eigenvalue weighted by molar-refractivity contribution is 0.0991. The van der Waals surface area contributed by atoms with E-state index in [9.17, 15) is 13.2 Å². The summed E-state index contributed by atoms with van der Waals surface area (Å²) < 4.78 is 30.4. The third-order valence-electron chi connectivity index (χ3n) is 3.02. The van der Waals surface area contributed by atoms with E-state index in [1.807, 2.05) is 37.2 Å². The van der Waals surface area contributed by atoms with Gasteiger partial charge in [0.25, 0.3) is 15.9 Å². The first kappa shape index (κ1) is 17.2. The third kappa shape index (κ3) is 4.41. The Morgan fingerprint density at radius 1 is 1.22 bits per heavy atom. The van der Waals surface area contributed by atoms with Crippen LogP contribution in [-0.2, 0) is 16.6 Å². The van der Waals surface area contributed by atoms with E-state index in [2.05, 4.69) is 10.0 Å². The van der Waals surface area contributed by atoms with Crippen LogP contribution in [0.1, 0.15) is 16.1 Å². The van der Waals surface area contributed by atoms with Gasteiger partial charge in [-0.1, -0.05) is 12.1 Å². The van der Waals surface area contributed by atoms with Crippen LogP contribution in [0.2, 0.25) is 0 Å². The van der Waals surface area contributed by atoms with Gasteiger partial charge < -0.3 is 14.6 Å². The lowest BCUT2D eigenvalue weighted by Crippen LogP contribution is -2.18. The number of anilines is 1. The van der Waals surface area contributed by atoms with Crippen LogP contribution in [0.5, 0.6) is 0 Å². The van der Waals surface area contributed by atoms with Gasteiger partial charge in [0.15, 0.2) is 5.76 Å². The standard InChI is InChI=1S/C15H19N3O4S/c1-16-23(20,21)14-8-7-13(22-14)15(19)17-12-6-4-5-11(9-12)10-18(2)3/h4-9,16H,10H2,1-3H3,(H,17,19). The van der Waals surface area contributed by atoms with Crippen molar-refractivity contribution in [3.8, 4) is 0 Å². The van der Waals surface area contributed by atoms with Crippen molar-refractivity contribution in [3.05, 3.63) is 47.7 Å². The number of hydrogen-bond acceptors (Lipinski definition) is 5. The summed E-state index contributed by atoms with van der Waals surface area (Å²) in [5, 5.41) is 2.39. The van der Waals surface area contributed by atoms with Gasteiger partial charge in [0.05, 0.1) is 0 Å². The van der Waals surface area contributed by atoms with Gasteiger partial charge in [-0.2, -0.15) is 0 Å². The third-order valence-corrected chi connectivity index (χ3v) is 4.31. The molecule has 0 aliphatic rings. The Bertz CT molecular complexity index is 797. The summed E-state index contributed by atoms with van der Waals surface area (Å²) >= 11 is 0. The summed E-state index contributed by atoms with van der Waals surface area (Å²) in [6.07, 6.45) is 0. The van der Waals surface area contributed by atoms with Crippen LogP contribution in [0.25, 0.3) is 0 Å². The van der Waals surface area contributed by atoms with Crippen LogP contribution in [0.4, 0.5) is 5.69 Å². The number of sulfonamides is 1. The molecule has 2 aromatic rings. The zero-order chi connectivity index (χ0) is 17.0. The Balaban J connectivity index is 2.14. The van der Waals surface area contributed by atoms with Gasteiger partial charge in [-0.3, -0.25) is 4.79 Å². The summed E-state index contributed by atoms with van der Waals surface area (Å²) in [5.41, 5.74) is 1.66. The minimum Gasteiger partial charge on any atom is -0.438 e. The van der Waals surface area contributed by atoms with Gasteiger partial charge in [-0.05, 0) is 51.0 Å². The molecule has 0 aliphatic carbocycles. The molecule has 23 heavy (non-hydrogen) atoms. The second kappa shape index (κ2) is 6.95. The molecule has 2 rings (SSSR count). The Morgan fingerprint density at radius 3 is 2.61 bits per heavy atom. The number of amides is 1. The van der Waals surface area contributed by atoms with Gasteiger partial charge in [0, 0.05) is 12.2 Å². The molecule has 1 amide bonds. The molecule has 0 saturated heterocycles. The minimum atomic E-state index is -3.71. The average Bonchev–Trinajstić information content (AvgIpc) is 2.97. The van der Waals surface area contributed by atoms with Crippen molar-refractivity contribution in [2.75, 3.05) is 26.5 Å². The summed E-state index contributed by atoms with van der Waals surface area (Å²) in [6, 6.07) is 9.97. The van der Waals surface area contributed by atoms with Crippen LogP contribution in [0, 0.1) is 0 Å². The molecule has 7 nitrogen and oxygen atoms in total. The van der Waals surface area contributed by atoms with Crippen LogP contribution in [-0.4, -0.2) is 40.4 Å². The average molecular weight is 337 g/mol. The van der Waals surface area contributed by atoms with Crippen LogP contribution >= 0.6 is 0 Å². The van der Waals surface area contributed by atoms with Gasteiger partial charge >= 0.3 is 0 Å². The monoisotopic (exact) mass is 337 g/mol. The van der Waals surface area contributed by atoms with E-state index in [-0.39, 0.29) is 10.9 Å². The highest BCUT2D eigenvalue weighted by molar-refractivity contribution is 7.89. The number of hydrogen-bond donors (Lipinski definition) is 2. The van der Waals surface area contributed by atoms with Crippen molar-refractivity contribution in [2.45, 2.75) is 11.6 Å². The SMILES string of the molecule is CNS(=O)(=O)c1ccc(C(=O)Nc2cccc(CN(C)C)c2)o1. The smallest absolute Gasteiger partial charge is 0.291 e. The van der Waals surface area contributed by atoms with Crippen LogP contribution in [0.15, 0.2) is 45.9 Å². The molecule has 0 radical (unpaired) electrons. The van der Waals surface area contributed by atoms with E-state index in [4.69, 9.17) is 4.42 Å². The Kier molecular flexibility index (Phi) is 5.19. The van der Waals surface area contributed by atoms with Gasteiger partial charge in [0.2, 0.25) is 5.09 Å². The predicted octanol–water partition coefficient (Wildman–Crippen LogP) is 1.50. The molecule has 0 bridgehead atoms. The highest BCUT2D eigenvalue weighted by Crippen LogP contribution is 2.17. The molecular formula is C15H19N3O4S. The van der Waals surface area contributed by atoms with E-state index in [1.54, 1.807) is 6.07 Å². The van der Waals surface area contributed by atoms with E-state index >= 15 is 0 Å². The number of rotatable bonds is 6. The summed E-state index contributed by atoms with van der Waals surface area (Å²) in [6.45, 7) is 0.745. The molecule has 0 saturated carbocycles. The lowest BCUT2D eigenvalue weighted by atomic mass is 10.2. The maximum absolute atomic E-state index is 12.1. The van der Waals surface area contributed by atoms with E-state index < -0.39 is 15.9 Å². The van der Waals surface area contributed by atoms with Crippen molar-refractivity contribution >= 4 is 21.6 Å². The quantitative estimate of drug-likeness (QED) is 0.833. The number of nitrogens with zero attached hydrogens (tertiary/aromatic N) is 1. The van der Waals surface area contributed by atoms with Crippen molar-refractivity contribution in [1.82, 2.24) is 9.62 Å². The number of carbonyl (C=O) groups excluding carboxylic acids is 1. The molecule has 124 valence electrons. The molecule has 0 spiro atoms. The van der Waals surface area contributed by atoms with Crippen molar-refractivity contribution < 1.29 is 17.6 Å². The van der Waals surface area contributed by atoms with Gasteiger partial charge in [-0.25, -0.2) is 13.1 Å². The molecular weight excluding hydrogens is 318 g/mol. The highest BCUT2D eigenvalue weighted by Gasteiger charge is 2.19. The van der Waals surface area contributed by atoms with E-state index in [0.29, 0.717) is 5.69 Å². The van der Waals surface area contributed by atoms with Gasteiger partial charge in [0.1, 0.15) is 0 Å². The Labute approximate surface area is 135 Å². The fourth-order valence-electron chi connectivity index (χ4n) is 1.99. The van der Waals surface area contributed by atoms with Crippen LogP contribution < -0.4 is 10.0 Å². The van der Waals surface area contributed by atoms with Crippen molar-refractivity contribution in [1.29, 1.82) is 0 Å². The number of benzene rings is 1. The number of nitrogens with one attached hydrogen (secondary N) is 2. The summed E-state index contributed by atoms with van der Waals surface area (Å²) in [7, 11) is 1.48. The van der Waals surface area contributed by atoms with Crippen molar-refractivity contribution in [2.24, 2.45) is 0 Å². The second-order valence-corrected chi connectivity index (χ2v) is 7.04. The molecule has 0 unspecified atom stereocenters. The zero-order valence-corrected chi connectivity index (χ0v) is 14.0. The maximum Gasteiger partial charge on any atom is 0.291 e. The molecule has 2 N–H and O–H groups in total. The first-order valence-electron chi connectivity index (χ1n) is 6.90. The predicted molar refractivity (Wildman–Crippen MR) is 86.7 cm³/mol. The first-order valence-corrected chi connectivity index (χ1v) is 8.38. The van der Waals surface area contributed by atoms with Crippen LogP contribution in [0.3, 0.4) is 0 Å². The largest absolute Gasteiger partial charge is 0.438 e. The molecule has 0 aliphatic heterocycles. The fraction of sp³-hybridized carbons (Fsp3) is 0.267. The Hall–Kier alpha value is -2.16. The second-order valence-electron chi connectivity index (χ2n) is 5.22. The van der Waals surface area contributed by atoms with E-state index in [0.717, 1.165) is 12.1 Å². The lowest BCUT2D eigenvalue weighted by Gasteiger charge is -2.11. The molecule has 1 aromatic heterocycles. The van der Waals surface area contributed by atoms with Gasteiger partial charge in [-0.15, -0.1) is 0 Å². The normalized spacial score (nSPS) is 11.7. The highest BCUT2D eigenvalue weighted by atomic mass is 32.2. The topological polar surface area (TPSA) is 91.6 Å². The molecule has 0 fully saturated rings. The Morgan fingerprint density at radius 2 is 1.96 bits per heavy atom. The summed E-state index contributed by atoms with van der Waals surface area (Å²) in [4.78, 5) is 14.2.